The zero-order chi connectivity index (χ0) is 33.5. The minimum Gasteiger partial charge on any atom is -0.456 e. The Kier molecular flexibility index (Phi) is 6.08. The topological polar surface area (TPSA) is 23.0 Å². The summed E-state index contributed by atoms with van der Waals surface area (Å²) in [5, 5.41) is 8.69. The van der Waals surface area contributed by atoms with Gasteiger partial charge in [-0.3, -0.25) is 0 Å². The van der Waals surface area contributed by atoms with Crippen molar-refractivity contribution >= 4 is 66.8 Å². The van der Waals surface area contributed by atoms with Crippen LogP contribution in [0.25, 0.3) is 100 Å². The first-order chi connectivity index (χ1) is 25.3. The molecule has 0 amide bonds. The molecule has 0 fully saturated rings. The third-order valence-electron chi connectivity index (χ3n) is 10.7. The number of furan rings is 1. The third-order valence-corrected chi connectivity index (χ3v) is 10.7. The highest BCUT2D eigenvalue weighted by atomic mass is 16.3. The predicted molar refractivity (Wildman–Crippen MR) is 213 cm³/mol. The van der Waals surface area contributed by atoms with Crippen LogP contribution < -0.4 is 10.6 Å². The fraction of sp³-hybridized carbons (Fsp3) is 0.0417. The zero-order valence-corrected chi connectivity index (χ0v) is 27.9. The Morgan fingerprint density at radius 1 is 0.412 bits per heavy atom. The van der Waals surface area contributed by atoms with Crippen LogP contribution in [0.3, 0.4) is 0 Å². The standard InChI is InChI=1S/C48H32N2O/c1-2-12-31(13-3-1)32-14-10-15-35(28-32)49-41-19-7-4-16-36(41)39-29-33(24-26-43(39)49)34-25-27-44-40(30-34)37-17-5-8-20-42(37)50(44)45-21-11-23-47-48(45)38-18-6-9-22-46(38)51-47/h1-4,6-7,9-30H,5,8H2. The Hall–Kier alpha value is -6.58. The molecule has 3 aromatic heterocycles. The second kappa shape index (κ2) is 11.0. The summed E-state index contributed by atoms with van der Waals surface area (Å²) in [5.74, 6) is 0. The summed E-state index contributed by atoms with van der Waals surface area (Å²) in [6.45, 7) is 0. The molecule has 3 nitrogen and oxygen atoms in total. The number of hydrogen-bond donors (Lipinski definition) is 0. The van der Waals surface area contributed by atoms with E-state index >= 15 is 0 Å². The van der Waals surface area contributed by atoms with Gasteiger partial charge in [0.05, 0.1) is 27.6 Å². The Morgan fingerprint density at radius 3 is 1.94 bits per heavy atom. The lowest BCUT2D eigenvalue weighted by atomic mass is 10.0. The highest BCUT2D eigenvalue weighted by molar-refractivity contribution is 6.11. The Balaban J connectivity index is 1.10. The van der Waals surface area contributed by atoms with Crippen molar-refractivity contribution < 1.29 is 4.42 Å². The van der Waals surface area contributed by atoms with Gasteiger partial charge >= 0.3 is 0 Å². The molecule has 240 valence electrons. The van der Waals surface area contributed by atoms with Crippen LogP contribution in [0.5, 0.6) is 0 Å². The van der Waals surface area contributed by atoms with E-state index in [9.17, 15) is 0 Å². The van der Waals surface area contributed by atoms with Crippen molar-refractivity contribution in [1.82, 2.24) is 9.13 Å². The summed E-state index contributed by atoms with van der Waals surface area (Å²) in [5.41, 5.74) is 12.7. The van der Waals surface area contributed by atoms with Gasteiger partial charge in [-0.25, -0.2) is 0 Å². The molecule has 0 aliphatic heterocycles. The van der Waals surface area contributed by atoms with Crippen molar-refractivity contribution in [1.29, 1.82) is 0 Å². The predicted octanol–water partition coefficient (Wildman–Crippen LogP) is 11.3. The van der Waals surface area contributed by atoms with E-state index in [1.54, 1.807) is 0 Å². The van der Waals surface area contributed by atoms with Gasteiger partial charge in [-0.05, 0) is 95.8 Å². The largest absolute Gasteiger partial charge is 0.456 e. The molecule has 0 saturated heterocycles. The number of hydrogen-bond acceptors (Lipinski definition) is 1. The molecule has 3 heterocycles. The van der Waals surface area contributed by atoms with Gasteiger partial charge < -0.3 is 13.6 Å². The highest BCUT2D eigenvalue weighted by Crippen LogP contribution is 2.37. The van der Waals surface area contributed by atoms with Crippen LogP contribution in [0.2, 0.25) is 0 Å². The number of benzene rings is 7. The summed E-state index contributed by atoms with van der Waals surface area (Å²) >= 11 is 0. The average Bonchev–Trinajstić information content (AvgIpc) is 3.85. The van der Waals surface area contributed by atoms with Crippen LogP contribution in [0.15, 0.2) is 162 Å². The molecule has 0 N–H and O–H groups in total. The summed E-state index contributed by atoms with van der Waals surface area (Å²) in [6, 6.07) is 57.1. The smallest absolute Gasteiger partial charge is 0.137 e. The minimum absolute atomic E-state index is 0.917. The Morgan fingerprint density at radius 2 is 1.06 bits per heavy atom. The quantitative estimate of drug-likeness (QED) is 0.186. The van der Waals surface area contributed by atoms with Crippen LogP contribution >= 0.6 is 0 Å². The first kappa shape index (κ1) is 28.3. The van der Waals surface area contributed by atoms with Gasteiger partial charge in [0.1, 0.15) is 11.2 Å². The molecule has 0 atom stereocenters. The molecule has 0 radical (unpaired) electrons. The van der Waals surface area contributed by atoms with E-state index in [0.717, 1.165) is 46.2 Å². The van der Waals surface area contributed by atoms with E-state index in [-0.39, 0.29) is 0 Å². The maximum absolute atomic E-state index is 6.31. The molecule has 0 spiro atoms. The fourth-order valence-electron chi connectivity index (χ4n) is 8.47. The zero-order valence-electron chi connectivity index (χ0n) is 27.9. The summed E-state index contributed by atoms with van der Waals surface area (Å²) in [6.07, 6.45) is 6.91. The molecular weight excluding hydrogens is 621 g/mol. The van der Waals surface area contributed by atoms with Crippen molar-refractivity contribution in [3.63, 3.8) is 0 Å². The molecule has 51 heavy (non-hydrogen) atoms. The SMILES string of the molecule is C1=c2c(n(-c3cccc4oc5ccccc5c34)c3ccc(-c4ccc5c(c4)c4ccccc4n5-c4cccc(-c5ccccc5)c4)cc23)=CCC1. The Bertz CT molecular complexity index is 3140. The van der Waals surface area contributed by atoms with E-state index in [4.69, 9.17) is 4.42 Å². The van der Waals surface area contributed by atoms with Gasteiger partial charge in [-0.1, -0.05) is 109 Å². The van der Waals surface area contributed by atoms with Gasteiger partial charge in [0.25, 0.3) is 0 Å². The lowest BCUT2D eigenvalue weighted by Crippen LogP contribution is -2.30. The number of nitrogens with zero attached hydrogens (tertiary/aromatic N) is 2. The molecule has 0 unspecified atom stereocenters. The average molecular weight is 653 g/mol. The molecular formula is C48H32N2O. The Labute approximate surface area is 294 Å². The second-order valence-electron chi connectivity index (χ2n) is 13.6. The normalized spacial score (nSPS) is 12.9. The van der Waals surface area contributed by atoms with E-state index in [1.807, 2.05) is 6.07 Å². The summed E-state index contributed by atoms with van der Waals surface area (Å²) in [4.78, 5) is 0. The van der Waals surface area contributed by atoms with E-state index in [1.165, 1.54) is 65.5 Å². The molecule has 3 heteroatoms. The fourth-order valence-corrected chi connectivity index (χ4v) is 8.47. The minimum atomic E-state index is 0.917. The van der Waals surface area contributed by atoms with Crippen molar-refractivity contribution in [2.24, 2.45) is 0 Å². The molecule has 1 aliphatic rings. The number of fused-ring (bicyclic) bond motifs is 9. The second-order valence-corrected chi connectivity index (χ2v) is 13.6. The van der Waals surface area contributed by atoms with Crippen LogP contribution in [-0.2, 0) is 0 Å². The van der Waals surface area contributed by atoms with Crippen LogP contribution in [-0.4, -0.2) is 9.13 Å². The van der Waals surface area contributed by atoms with Gasteiger partial charge in [-0.2, -0.15) is 0 Å². The number of aromatic nitrogens is 2. The van der Waals surface area contributed by atoms with Crippen molar-refractivity contribution in [3.8, 4) is 33.6 Å². The molecule has 11 rings (SSSR count). The molecule has 10 aromatic rings. The lowest BCUT2D eigenvalue weighted by molar-refractivity contribution is 0.669. The van der Waals surface area contributed by atoms with Crippen LogP contribution in [0.4, 0.5) is 0 Å². The molecule has 1 aliphatic carbocycles. The van der Waals surface area contributed by atoms with Gasteiger partial charge in [0.2, 0.25) is 0 Å². The van der Waals surface area contributed by atoms with Gasteiger partial charge in [0, 0.05) is 37.8 Å². The molecule has 7 aromatic carbocycles. The summed E-state index contributed by atoms with van der Waals surface area (Å²) in [7, 11) is 0. The lowest BCUT2D eigenvalue weighted by Gasteiger charge is -2.11. The van der Waals surface area contributed by atoms with Crippen molar-refractivity contribution in [2.45, 2.75) is 12.8 Å². The van der Waals surface area contributed by atoms with E-state index in [0.29, 0.717) is 0 Å². The first-order valence-electron chi connectivity index (χ1n) is 17.8. The van der Waals surface area contributed by atoms with Crippen molar-refractivity contribution in [3.05, 3.63) is 168 Å². The van der Waals surface area contributed by atoms with Crippen molar-refractivity contribution in [2.75, 3.05) is 0 Å². The van der Waals surface area contributed by atoms with Crippen LogP contribution in [0.1, 0.15) is 12.8 Å². The maximum Gasteiger partial charge on any atom is 0.137 e. The molecule has 0 saturated carbocycles. The third kappa shape index (κ3) is 4.25. The number of rotatable bonds is 4. The van der Waals surface area contributed by atoms with Gasteiger partial charge in [-0.15, -0.1) is 0 Å². The van der Waals surface area contributed by atoms with E-state index in [2.05, 4.69) is 173 Å². The highest BCUT2D eigenvalue weighted by Gasteiger charge is 2.19. The summed E-state index contributed by atoms with van der Waals surface area (Å²) < 4.78 is 11.2. The van der Waals surface area contributed by atoms with Crippen LogP contribution in [0, 0.1) is 0 Å². The first-order valence-corrected chi connectivity index (χ1v) is 17.8. The molecule has 0 bridgehead atoms. The maximum atomic E-state index is 6.31. The number of para-hydroxylation sites is 2. The monoisotopic (exact) mass is 652 g/mol. The van der Waals surface area contributed by atoms with Gasteiger partial charge in [0.15, 0.2) is 0 Å². The van der Waals surface area contributed by atoms with E-state index < -0.39 is 0 Å².